The molecule has 1 heterocycles. The molecule has 1 aromatic heterocycles. The summed E-state index contributed by atoms with van der Waals surface area (Å²) < 4.78 is 0. The van der Waals surface area contributed by atoms with E-state index in [9.17, 15) is 9.59 Å². The lowest BCUT2D eigenvalue weighted by atomic mass is 10.0. The fourth-order valence-electron chi connectivity index (χ4n) is 1.91. The van der Waals surface area contributed by atoms with E-state index in [1.165, 1.54) is 6.20 Å². The van der Waals surface area contributed by atoms with Crippen LogP contribution in [0.4, 0.5) is 0 Å². The first-order valence-corrected chi connectivity index (χ1v) is 6.63. The summed E-state index contributed by atoms with van der Waals surface area (Å²) in [5.41, 5.74) is 7.69. The van der Waals surface area contributed by atoms with E-state index in [0.717, 1.165) is 11.1 Å². The van der Waals surface area contributed by atoms with E-state index in [4.69, 9.17) is 5.73 Å². The number of hydrogen-bond donors (Lipinski definition) is 2. The second-order valence-electron chi connectivity index (χ2n) is 4.83. The molecule has 3 N–H and O–H groups in total. The van der Waals surface area contributed by atoms with Gasteiger partial charge in [-0.05, 0) is 24.6 Å². The van der Waals surface area contributed by atoms with E-state index >= 15 is 0 Å². The predicted octanol–water partition coefficient (Wildman–Crippen LogP) is 1.22. The van der Waals surface area contributed by atoms with E-state index in [1.807, 2.05) is 31.2 Å². The highest BCUT2D eigenvalue weighted by atomic mass is 16.2. The molecule has 0 aliphatic rings. The summed E-state index contributed by atoms with van der Waals surface area (Å²) >= 11 is 0. The van der Waals surface area contributed by atoms with Crippen LogP contribution in [0.2, 0.25) is 0 Å². The van der Waals surface area contributed by atoms with Crippen LogP contribution in [0.25, 0.3) is 0 Å². The van der Waals surface area contributed by atoms with E-state index in [1.54, 1.807) is 18.2 Å². The number of hydrogen-bond acceptors (Lipinski definition) is 3. The Morgan fingerprint density at radius 2 is 1.90 bits per heavy atom. The van der Waals surface area contributed by atoms with Gasteiger partial charge >= 0.3 is 0 Å². The molecular formula is C16H17N3O2. The van der Waals surface area contributed by atoms with Gasteiger partial charge < -0.3 is 11.1 Å². The van der Waals surface area contributed by atoms with Crippen molar-refractivity contribution in [2.75, 3.05) is 0 Å². The molecule has 1 aromatic carbocycles. The monoisotopic (exact) mass is 283 g/mol. The van der Waals surface area contributed by atoms with E-state index in [2.05, 4.69) is 10.3 Å². The lowest BCUT2D eigenvalue weighted by Gasteiger charge is -2.15. The highest BCUT2D eigenvalue weighted by Gasteiger charge is 2.19. The fourth-order valence-corrected chi connectivity index (χ4v) is 1.91. The van der Waals surface area contributed by atoms with Gasteiger partial charge in [0.05, 0.1) is 0 Å². The maximum absolute atomic E-state index is 12.0. The van der Waals surface area contributed by atoms with E-state index in [-0.39, 0.29) is 5.69 Å². The first-order valence-electron chi connectivity index (χ1n) is 6.63. The van der Waals surface area contributed by atoms with Crippen molar-refractivity contribution in [2.45, 2.75) is 19.4 Å². The molecule has 0 spiro atoms. The van der Waals surface area contributed by atoms with Gasteiger partial charge in [0.25, 0.3) is 5.91 Å². The van der Waals surface area contributed by atoms with Crippen LogP contribution in [0.15, 0.2) is 48.7 Å². The number of aromatic nitrogens is 1. The Morgan fingerprint density at radius 1 is 1.19 bits per heavy atom. The number of rotatable bonds is 5. The van der Waals surface area contributed by atoms with Crippen LogP contribution in [0, 0.1) is 6.92 Å². The summed E-state index contributed by atoms with van der Waals surface area (Å²) in [5.74, 6) is -0.980. The van der Waals surface area contributed by atoms with Gasteiger partial charge in [0.15, 0.2) is 0 Å². The van der Waals surface area contributed by atoms with Crippen molar-refractivity contribution < 1.29 is 9.59 Å². The third-order valence-corrected chi connectivity index (χ3v) is 3.11. The van der Waals surface area contributed by atoms with Crippen molar-refractivity contribution in [2.24, 2.45) is 5.73 Å². The first kappa shape index (κ1) is 14.7. The lowest BCUT2D eigenvalue weighted by Crippen LogP contribution is -2.46. The number of aryl methyl sites for hydroxylation is 1. The zero-order valence-corrected chi connectivity index (χ0v) is 11.7. The highest BCUT2D eigenvalue weighted by Crippen LogP contribution is 2.07. The van der Waals surface area contributed by atoms with Gasteiger partial charge in [-0.15, -0.1) is 0 Å². The van der Waals surface area contributed by atoms with Crippen molar-refractivity contribution >= 4 is 11.8 Å². The van der Waals surface area contributed by atoms with Gasteiger partial charge in [0.2, 0.25) is 5.91 Å². The van der Waals surface area contributed by atoms with Crippen LogP contribution >= 0.6 is 0 Å². The topological polar surface area (TPSA) is 85.1 Å². The third kappa shape index (κ3) is 4.14. The molecule has 2 amide bonds. The molecular weight excluding hydrogens is 266 g/mol. The minimum absolute atomic E-state index is 0.257. The van der Waals surface area contributed by atoms with Crippen molar-refractivity contribution in [1.29, 1.82) is 0 Å². The van der Waals surface area contributed by atoms with Crippen LogP contribution in [0.5, 0.6) is 0 Å². The Balaban J connectivity index is 2.07. The van der Waals surface area contributed by atoms with Crippen LogP contribution < -0.4 is 11.1 Å². The van der Waals surface area contributed by atoms with Crippen molar-refractivity contribution in [3.05, 3.63) is 65.5 Å². The zero-order chi connectivity index (χ0) is 15.2. The molecule has 2 rings (SSSR count). The quantitative estimate of drug-likeness (QED) is 0.865. The largest absolute Gasteiger partial charge is 0.368 e. The van der Waals surface area contributed by atoms with E-state index < -0.39 is 17.9 Å². The van der Waals surface area contributed by atoms with Gasteiger partial charge in [-0.25, -0.2) is 0 Å². The molecule has 0 radical (unpaired) electrons. The smallest absolute Gasteiger partial charge is 0.270 e. The zero-order valence-electron chi connectivity index (χ0n) is 11.7. The van der Waals surface area contributed by atoms with Crippen LogP contribution in [-0.4, -0.2) is 22.8 Å². The summed E-state index contributed by atoms with van der Waals surface area (Å²) in [6.07, 6.45) is 1.88. The summed E-state index contributed by atoms with van der Waals surface area (Å²) in [6, 6.07) is 12.0. The third-order valence-electron chi connectivity index (χ3n) is 3.11. The minimum atomic E-state index is -0.762. The number of nitrogens with one attached hydrogen (secondary N) is 1. The molecule has 0 saturated carbocycles. The number of primary amides is 1. The van der Waals surface area contributed by atoms with Crippen molar-refractivity contribution in [1.82, 2.24) is 10.3 Å². The summed E-state index contributed by atoms with van der Waals surface area (Å²) in [6.45, 7) is 1.98. The average molecular weight is 283 g/mol. The summed E-state index contributed by atoms with van der Waals surface area (Å²) in [4.78, 5) is 27.5. The van der Waals surface area contributed by atoms with Crippen LogP contribution in [0.3, 0.4) is 0 Å². The lowest BCUT2D eigenvalue weighted by molar-refractivity contribution is -0.119. The molecule has 2 aromatic rings. The maximum atomic E-state index is 12.0. The number of carbonyl (C=O) groups excluding carboxylic acids is 2. The molecule has 0 bridgehead atoms. The van der Waals surface area contributed by atoms with Crippen molar-refractivity contribution in [3.8, 4) is 0 Å². The fraction of sp³-hybridized carbons (Fsp3) is 0.188. The molecule has 1 atom stereocenters. The number of pyridine rings is 1. The molecule has 0 fully saturated rings. The second-order valence-corrected chi connectivity index (χ2v) is 4.83. The molecule has 0 aliphatic carbocycles. The highest BCUT2D eigenvalue weighted by molar-refractivity contribution is 5.95. The minimum Gasteiger partial charge on any atom is -0.368 e. The molecule has 5 nitrogen and oxygen atoms in total. The van der Waals surface area contributed by atoms with Gasteiger partial charge in [-0.1, -0.05) is 35.9 Å². The maximum Gasteiger partial charge on any atom is 0.270 e. The number of nitrogens with two attached hydrogens (primary N) is 1. The summed E-state index contributed by atoms with van der Waals surface area (Å²) in [5, 5.41) is 2.62. The number of nitrogens with zero attached hydrogens (tertiary/aromatic N) is 1. The van der Waals surface area contributed by atoms with Crippen LogP contribution in [-0.2, 0) is 11.2 Å². The van der Waals surface area contributed by atoms with Gasteiger partial charge in [0.1, 0.15) is 11.7 Å². The number of benzene rings is 1. The van der Waals surface area contributed by atoms with E-state index in [0.29, 0.717) is 6.42 Å². The van der Waals surface area contributed by atoms with Crippen LogP contribution in [0.1, 0.15) is 21.6 Å². The standard InChI is InChI=1S/C16H17N3O2/c1-11-5-7-12(8-6-11)10-14(15(17)20)19-16(21)13-4-2-3-9-18-13/h2-9,14H,10H2,1H3,(H2,17,20)(H,19,21)/t14-/m0/s1. The number of amides is 2. The van der Waals surface area contributed by atoms with Gasteiger partial charge in [-0.2, -0.15) is 0 Å². The SMILES string of the molecule is Cc1ccc(C[C@H](NC(=O)c2ccccn2)C(N)=O)cc1. The molecule has 5 heteroatoms. The Kier molecular flexibility index (Phi) is 4.66. The van der Waals surface area contributed by atoms with Gasteiger partial charge in [-0.3, -0.25) is 14.6 Å². The summed E-state index contributed by atoms with van der Waals surface area (Å²) in [7, 11) is 0. The number of carbonyl (C=O) groups is 2. The second kappa shape index (κ2) is 6.65. The molecule has 108 valence electrons. The Labute approximate surface area is 123 Å². The van der Waals surface area contributed by atoms with Gasteiger partial charge in [0, 0.05) is 12.6 Å². The van der Waals surface area contributed by atoms with Crippen molar-refractivity contribution in [3.63, 3.8) is 0 Å². The Morgan fingerprint density at radius 3 is 2.48 bits per heavy atom. The molecule has 0 unspecified atom stereocenters. The normalized spacial score (nSPS) is 11.7. The molecule has 0 saturated heterocycles. The molecule has 0 aliphatic heterocycles. The average Bonchev–Trinajstić information content (AvgIpc) is 2.49. The first-order chi connectivity index (χ1) is 10.1. The Bertz CT molecular complexity index is 624. The molecule has 21 heavy (non-hydrogen) atoms. The Hall–Kier alpha value is -2.69. The predicted molar refractivity (Wildman–Crippen MR) is 79.6 cm³/mol.